The molecule has 0 radical (unpaired) electrons. The fourth-order valence-corrected chi connectivity index (χ4v) is 3.90. The number of hydrogen-bond donors (Lipinski definition) is 1. The number of nitro groups is 1. The maximum Gasteiger partial charge on any atom is 0.295 e. The van der Waals surface area contributed by atoms with Crippen molar-refractivity contribution in [2.75, 3.05) is 23.3 Å². The van der Waals surface area contributed by atoms with E-state index in [-0.39, 0.29) is 17.5 Å². The zero-order valence-electron chi connectivity index (χ0n) is 17.0. The summed E-state index contributed by atoms with van der Waals surface area (Å²) in [7, 11) is 0. The summed E-state index contributed by atoms with van der Waals surface area (Å²) in [6.45, 7) is 5.18. The van der Waals surface area contributed by atoms with Crippen molar-refractivity contribution >= 4 is 34.0 Å². The molecule has 0 saturated carbocycles. The quantitative estimate of drug-likeness (QED) is 0.520. The molecule has 0 unspecified atom stereocenters. The lowest BCUT2D eigenvalue weighted by Crippen LogP contribution is -2.38. The van der Waals surface area contributed by atoms with Gasteiger partial charge in [0.2, 0.25) is 5.91 Å². The van der Waals surface area contributed by atoms with Gasteiger partial charge in [0.1, 0.15) is 5.82 Å². The van der Waals surface area contributed by atoms with Gasteiger partial charge >= 0.3 is 0 Å². The molecule has 1 aliphatic heterocycles. The summed E-state index contributed by atoms with van der Waals surface area (Å²) in [6, 6.07) is 10.7. The number of fused-ring (bicyclic) bond motifs is 1. The van der Waals surface area contributed by atoms with Crippen LogP contribution in [0.3, 0.4) is 0 Å². The number of piperidine rings is 1. The molecule has 1 aliphatic rings. The first-order valence-electron chi connectivity index (χ1n) is 9.95. The summed E-state index contributed by atoms with van der Waals surface area (Å²) in [5, 5.41) is 15.1. The molecule has 0 atom stereocenters. The van der Waals surface area contributed by atoms with Gasteiger partial charge in [0.15, 0.2) is 5.52 Å². The molecule has 1 saturated heterocycles. The number of amides is 1. The van der Waals surface area contributed by atoms with Gasteiger partial charge in [0.05, 0.1) is 4.92 Å². The number of para-hydroxylation sites is 1. The molecule has 3 heterocycles. The number of rotatable bonds is 4. The van der Waals surface area contributed by atoms with Gasteiger partial charge in [-0.3, -0.25) is 14.9 Å². The standard InChI is InChI=1S/C22H23N5O3/c1-14-6-7-20(23-13-14)25-22(28)16-8-10-26(11-9-16)19-12-15(2)24-21-17(19)4-3-5-18(21)27(29)30/h3-7,12-13,16H,8-11H2,1-2H3,(H,23,25,28). The first-order chi connectivity index (χ1) is 14.4. The van der Waals surface area contributed by atoms with Gasteiger partial charge in [-0.1, -0.05) is 18.2 Å². The van der Waals surface area contributed by atoms with Crippen LogP contribution in [0.15, 0.2) is 42.6 Å². The Hall–Kier alpha value is -3.55. The molecular formula is C22H23N5O3. The molecular weight excluding hydrogens is 382 g/mol. The van der Waals surface area contributed by atoms with Gasteiger partial charge in [0.25, 0.3) is 5.69 Å². The van der Waals surface area contributed by atoms with Crippen LogP contribution < -0.4 is 10.2 Å². The Labute approximate surface area is 174 Å². The number of carbonyl (C=O) groups is 1. The number of carbonyl (C=O) groups excluding carboxylic acids is 1. The molecule has 1 N–H and O–H groups in total. The molecule has 30 heavy (non-hydrogen) atoms. The Morgan fingerprint density at radius 3 is 2.63 bits per heavy atom. The lowest BCUT2D eigenvalue weighted by atomic mass is 9.95. The van der Waals surface area contributed by atoms with Crippen LogP contribution in [0.25, 0.3) is 10.9 Å². The zero-order chi connectivity index (χ0) is 21.3. The second-order valence-electron chi connectivity index (χ2n) is 7.68. The van der Waals surface area contributed by atoms with Crippen molar-refractivity contribution in [2.24, 2.45) is 5.92 Å². The average Bonchev–Trinajstić information content (AvgIpc) is 2.74. The Balaban J connectivity index is 1.51. The second-order valence-corrected chi connectivity index (χ2v) is 7.68. The van der Waals surface area contributed by atoms with Crippen LogP contribution >= 0.6 is 0 Å². The number of pyridine rings is 2. The van der Waals surface area contributed by atoms with Crippen LogP contribution in [0.1, 0.15) is 24.1 Å². The first kappa shape index (κ1) is 19.8. The third-order valence-electron chi connectivity index (χ3n) is 5.49. The molecule has 1 fully saturated rings. The summed E-state index contributed by atoms with van der Waals surface area (Å²) in [5.74, 6) is 0.460. The summed E-state index contributed by atoms with van der Waals surface area (Å²) in [5.41, 5.74) is 3.12. The van der Waals surface area contributed by atoms with Gasteiger partial charge in [-0.05, 0) is 44.4 Å². The Kier molecular flexibility index (Phi) is 5.31. The Morgan fingerprint density at radius 2 is 1.97 bits per heavy atom. The molecule has 8 heteroatoms. The predicted molar refractivity (Wildman–Crippen MR) is 116 cm³/mol. The smallest absolute Gasteiger partial charge is 0.295 e. The third kappa shape index (κ3) is 3.94. The van der Waals surface area contributed by atoms with E-state index < -0.39 is 4.92 Å². The Morgan fingerprint density at radius 1 is 1.20 bits per heavy atom. The Bertz CT molecular complexity index is 1110. The predicted octanol–water partition coefficient (Wildman–Crippen LogP) is 4.01. The summed E-state index contributed by atoms with van der Waals surface area (Å²) in [4.78, 5) is 34.5. The van der Waals surface area contributed by atoms with Gasteiger partial charge in [-0.2, -0.15) is 0 Å². The van der Waals surface area contributed by atoms with Crippen molar-refractivity contribution in [2.45, 2.75) is 26.7 Å². The van der Waals surface area contributed by atoms with Crippen molar-refractivity contribution in [1.82, 2.24) is 9.97 Å². The fraction of sp³-hybridized carbons (Fsp3) is 0.318. The first-order valence-corrected chi connectivity index (χ1v) is 9.95. The molecule has 1 aromatic carbocycles. The van der Waals surface area contributed by atoms with Crippen LogP contribution in [0.4, 0.5) is 17.2 Å². The topological polar surface area (TPSA) is 101 Å². The van der Waals surface area contributed by atoms with E-state index in [9.17, 15) is 14.9 Å². The average molecular weight is 405 g/mol. The van der Waals surface area contributed by atoms with E-state index in [4.69, 9.17) is 0 Å². The van der Waals surface area contributed by atoms with E-state index in [1.54, 1.807) is 18.3 Å². The van der Waals surface area contributed by atoms with Gasteiger partial charge < -0.3 is 10.2 Å². The second kappa shape index (κ2) is 8.06. The minimum atomic E-state index is -0.395. The van der Waals surface area contributed by atoms with Crippen molar-refractivity contribution < 1.29 is 9.72 Å². The summed E-state index contributed by atoms with van der Waals surface area (Å²) in [6.07, 6.45) is 3.14. The maximum absolute atomic E-state index is 12.6. The molecule has 0 bridgehead atoms. The van der Waals surface area contributed by atoms with E-state index in [1.165, 1.54) is 6.07 Å². The molecule has 1 amide bonds. The zero-order valence-corrected chi connectivity index (χ0v) is 17.0. The summed E-state index contributed by atoms with van der Waals surface area (Å²) >= 11 is 0. The van der Waals surface area contributed by atoms with Gasteiger partial charge in [0, 0.05) is 48.0 Å². The number of nitrogens with one attached hydrogen (secondary N) is 1. The van der Waals surface area contributed by atoms with E-state index >= 15 is 0 Å². The summed E-state index contributed by atoms with van der Waals surface area (Å²) < 4.78 is 0. The molecule has 0 spiro atoms. The van der Waals surface area contributed by atoms with E-state index in [0.717, 1.165) is 22.3 Å². The van der Waals surface area contributed by atoms with Crippen molar-refractivity contribution in [3.05, 3.63) is 64.0 Å². The van der Waals surface area contributed by atoms with Crippen LogP contribution in [-0.2, 0) is 4.79 Å². The van der Waals surface area contributed by atoms with Crippen molar-refractivity contribution in [3.63, 3.8) is 0 Å². The largest absolute Gasteiger partial charge is 0.371 e. The molecule has 4 rings (SSSR count). The number of nitro benzene ring substituents is 1. The van der Waals surface area contributed by atoms with E-state index in [0.29, 0.717) is 37.3 Å². The maximum atomic E-state index is 12.6. The van der Waals surface area contributed by atoms with Crippen molar-refractivity contribution in [1.29, 1.82) is 0 Å². The highest BCUT2D eigenvalue weighted by atomic mass is 16.6. The molecule has 3 aromatic rings. The number of non-ortho nitro benzene ring substituents is 1. The highest BCUT2D eigenvalue weighted by molar-refractivity contribution is 5.97. The number of nitrogens with zero attached hydrogens (tertiary/aromatic N) is 4. The minimum absolute atomic E-state index is 0.0114. The lowest BCUT2D eigenvalue weighted by molar-refractivity contribution is -0.383. The lowest BCUT2D eigenvalue weighted by Gasteiger charge is -2.33. The number of hydrogen-bond acceptors (Lipinski definition) is 6. The molecule has 8 nitrogen and oxygen atoms in total. The van der Waals surface area contributed by atoms with E-state index in [2.05, 4.69) is 20.2 Å². The number of aryl methyl sites for hydroxylation is 2. The van der Waals surface area contributed by atoms with Crippen LogP contribution in [0.5, 0.6) is 0 Å². The van der Waals surface area contributed by atoms with Crippen LogP contribution in [-0.4, -0.2) is 33.9 Å². The highest BCUT2D eigenvalue weighted by Gasteiger charge is 2.27. The van der Waals surface area contributed by atoms with Gasteiger partial charge in [-0.15, -0.1) is 0 Å². The van der Waals surface area contributed by atoms with Gasteiger partial charge in [-0.25, -0.2) is 9.97 Å². The molecule has 154 valence electrons. The number of benzene rings is 1. The van der Waals surface area contributed by atoms with Crippen molar-refractivity contribution in [3.8, 4) is 0 Å². The van der Waals surface area contributed by atoms with Crippen LogP contribution in [0, 0.1) is 29.9 Å². The monoisotopic (exact) mass is 405 g/mol. The third-order valence-corrected chi connectivity index (χ3v) is 5.49. The SMILES string of the molecule is Cc1ccc(NC(=O)C2CCN(c3cc(C)nc4c([N+](=O)[O-])cccc34)CC2)nc1. The number of anilines is 2. The number of aromatic nitrogens is 2. The minimum Gasteiger partial charge on any atom is -0.371 e. The molecule has 0 aliphatic carbocycles. The van der Waals surface area contributed by atoms with Crippen LogP contribution in [0.2, 0.25) is 0 Å². The highest BCUT2D eigenvalue weighted by Crippen LogP contribution is 2.34. The fourth-order valence-electron chi connectivity index (χ4n) is 3.90. The normalized spacial score (nSPS) is 14.7. The van der Waals surface area contributed by atoms with E-state index in [1.807, 2.05) is 32.0 Å². The molecule has 2 aromatic heterocycles.